The van der Waals surface area contributed by atoms with Gasteiger partial charge in [0.25, 0.3) is 5.56 Å². The van der Waals surface area contributed by atoms with E-state index in [2.05, 4.69) is 4.98 Å². The molecule has 0 saturated heterocycles. The summed E-state index contributed by atoms with van der Waals surface area (Å²) in [4.78, 5) is 14.4. The van der Waals surface area contributed by atoms with Crippen LogP contribution >= 0.6 is 0 Å². The maximum Gasteiger partial charge on any atom is 0.254 e. The Balaban J connectivity index is 2.60. The molecular weight excluding hydrogens is 218 g/mol. The van der Waals surface area contributed by atoms with Gasteiger partial charge in [-0.2, -0.15) is 0 Å². The van der Waals surface area contributed by atoms with Crippen molar-refractivity contribution in [3.8, 4) is 5.75 Å². The van der Waals surface area contributed by atoms with Gasteiger partial charge in [-0.1, -0.05) is 0 Å². The van der Waals surface area contributed by atoms with E-state index in [0.717, 1.165) is 16.7 Å². The smallest absolute Gasteiger partial charge is 0.254 e. The SMILES string of the molecule is CCOc1ccc2[nH]c(=O)c(C(C)O)cc2c1. The van der Waals surface area contributed by atoms with Crippen LogP contribution in [-0.4, -0.2) is 16.7 Å². The maximum absolute atomic E-state index is 11.6. The Morgan fingerprint density at radius 1 is 1.41 bits per heavy atom. The molecule has 0 fully saturated rings. The molecule has 4 heteroatoms. The van der Waals surface area contributed by atoms with E-state index in [4.69, 9.17) is 4.74 Å². The Bertz CT molecular complexity index is 587. The summed E-state index contributed by atoms with van der Waals surface area (Å²) >= 11 is 0. The first-order chi connectivity index (χ1) is 8.11. The van der Waals surface area contributed by atoms with Gasteiger partial charge in [0.1, 0.15) is 5.75 Å². The summed E-state index contributed by atoms with van der Waals surface area (Å²) in [6.07, 6.45) is -0.779. The van der Waals surface area contributed by atoms with Crippen molar-refractivity contribution in [3.63, 3.8) is 0 Å². The molecular formula is C13H15NO3. The van der Waals surface area contributed by atoms with Crippen molar-refractivity contribution in [2.24, 2.45) is 0 Å². The number of rotatable bonds is 3. The van der Waals surface area contributed by atoms with Crippen LogP contribution in [0.2, 0.25) is 0 Å². The Morgan fingerprint density at radius 3 is 2.82 bits per heavy atom. The van der Waals surface area contributed by atoms with Gasteiger partial charge in [-0.05, 0) is 38.1 Å². The van der Waals surface area contributed by atoms with Crippen molar-refractivity contribution in [3.05, 3.63) is 40.2 Å². The van der Waals surface area contributed by atoms with Crippen molar-refractivity contribution in [2.45, 2.75) is 20.0 Å². The van der Waals surface area contributed by atoms with Crippen LogP contribution < -0.4 is 10.3 Å². The van der Waals surface area contributed by atoms with E-state index in [-0.39, 0.29) is 5.56 Å². The maximum atomic E-state index is 11.6. The second-order valence-electron chi connectivity index (χ2n) is 3.91. The number of hydrogen-bond acceptors (Lipinski definition) is 3. The molecule has 0 aliphatic rings. The molecule has 17 heavy (non-hydrogen) atoms. The summed E-state index contributed by atoms with van der Waals surface area (Å²) in [5.41, 5.74) is 0.852. The van der Waals surface area contributed by atoms with Gasteiger partial charge in [0.2, 0.25) is 0 Å². The molecule has 0 amide bonds. The summed E-state index contributed by atoms with van der Waals surface area (Å²) in [6, 6.07) is 7.15. The second kappa shape index (κ2) is 4.59. The summed E-state index contributed by atoms with van der Waals surface area (Å²) in [6.45, 7) is 4.08. The topological polar surface area (TPSA) is 62.3 Å². The van der Waals surface area contributed by atoms with E-state index in [0.29, 0.717) is 12.2 Å². The quantitative estimate of drug-likeness (QED) is 0.852. The molecule has 1 atom stereocenters. The van der Waals surface area contributed by atoms with Crippen molar-refractivity contribution in [1.29, 1.82) is 0 Å². The summed E-state index contributed by atoms with van der Waals surface area (Å²) < 4.78 is 5.39. The van der Waals surface area contributed by atoms with E-state index >= 15 is 0 Å². The minimum absolute atomic E-state index is 0.253. The number of aromatic nitrogens is 1. The second-order valence-corrected chi connectivity index (χ2v) is 3.91. The molecule has 0 spiro atoms. The third-order valence-corrected chi connectivity index (χ3v) is 2.61. The monoisotopic (exact) mass is 233 g/mol. The van der Waals surface area contributed by atoms with Gasteiger partial charge in [0.05, 0.1) is 12.7 Å². The molecule has 0 radical (unpaired) electrons. The average Bonchev–Trinajstić information content (AvgIpc) is 2.28. The van der Waals surface area contributed by atoms with Crippen LogP contribution in [-0.2, 0) is 0 Å². The van der Waals surface area contributed by atoms with Gasteiger partial charge < -0.3 is 14.8 Å². The number of fused-ring (bicyclic) bond motifs is 1. The number of aliphatic hydroxyl groups is 1. The highest BCUT2D eigenvalue weighted by atomic mass is 16.5. The number of benzene rings is 1. The first-order valence-corrected chi connectivity index (χ1v) is 5.59. The average molecular weight is 233 g/mol. The zero-order valence-corrected chi connectivity index (χ0v) is 9.86. The molecule has 4 nitrogen and oxygen atoms in total. The number of aliphatic hydroxyl groups excluding tert-OH is 1. The molecule has 1 heterocycles. The molecule has 0 aliphatic carbocycles. The molecule has 0 aliphatic heterocycles. The third kappa shape index (κ3) is 2.31. The van der Waals surface area contributed by atoms with Crippen molar-refractivity contribution in [1.82, 2.24) is 4.98 Å². The van der Waals surface area contributed by atoms with E-state index in [1.807, 2.05) is 19.1 Å². The molecule has 1 aromatic carbocycles. The highest BCUT2D eigenvalue weighted by molar-refractivity contribution is 5.80. The zero-order valence-electron chi connectivity index (χ0n) is 9.86. The Hall–Kier alpha value is -1.81. The molecule has 2 aromatic rings. The van der Waals surface area contributed by atoms with Crippen LogP contribution in [0, 0.1) is 0 Å². The fourth-order valence-electron chi connectivity index (χ4n) is 1.77. The number of ether oxygens (including phenoxy) is 1. The van der Waals surface area contributed by atoms with Crippen LogP contribution in [0.25, 0.3) is 10.9 Å². The standard InChI is InChI=1S/C13H15NO3/c1-3-17-10-4-5-12-9(6-10)7-11(8(2)15)13(16)14-12/h4-8,15H,3H2,1-2H3,(H,14,16). The van der Waals surface area contributed by atoms with Crippen LogP contribution in [0.4, 0.5) is 0 Å². The Kier molecular flexibility index (Phi) is 3.15. The van der Waals surface area contributed by atoms with E-state index in [1.165, 1.54) is 0 Å². The van der Waals surface area contributed by atoms with Gasteiger partial charge in [-0.15, -0.1) is 0 Å². The predicted molar refractivity (Wildman–Crippen MR) is 66.4 cm³/mol. The molecule has 1 unspecified atom stereocenters. The van der Waals surface area contributed by atoms with Crippen LogP contribution in [0.5, 0.6) is 5.75 Å². The first-order valence-electron chi connectivity index (χ1n) is 5.59. The van der Waals surface area contributed by atoms with E-state index < -0.39 is 6.10 Å². The lowest BCUT2D eigenvalue weighted by atomic mass is 10.1. The van der Waals surface area contributed by atoms with Crippen molar-refractivity contribution >= 4 is 10.9 Å². The lowest BCUT2D eigenvalue weighted by Gasteiger charge is -2.07. The highest BCUT2D eigenvalue weighted by Gasteiger charge is 2.08. The molecule has 0 bridgehead atoms. The normalized spacial score (nSPS) is 12.6. The van der Waals surface area contributed by atoms with Crippen LogP contribution in [0.3, 0.4) is 0 Å². The van der Waals surface area contributed by atoms with Gasteiger partial charge >= 0.3 is 0 Å². The Labute approximate surface area is 98.9 Å². The summed E-state index contributed by atoms with van der Waals surface area (Å²) in [7, 11) is 0. The zero-order chi connectivity index (χ0) is 12.4. The molecule has 2 rings (SSSR count). The lowest BCUT2D eigenvalue weighted by molar-refractivity contribution is 0.198. The minimum atomic E-state index is -0.779. The van der Waals surface area contributed by atoms with Gasteiger partial charge in [-0.25, -0.2) is 0 Å². The third-order valence-electron chi connectivity index (χ3n) is 2.61. The molecule has 90 valence electrons. The Morgan fingerprint density at radius 2 is 2.18 bits per heavy atom. The van der Waals surface area contributed by atoms with Crippen molar-refractivity contribution < 1.29 is 9.84 Å². The summed E-state index contributed by atoms with van der Waals surface area (Å²) in [5.74, 6) is 0.753. The molecule has 1 aromatic heterocycles. The van der Waals surface area contributed by atoms with E-state index in [1.54, 1.807) is 19.1 Å². The fraction of sp³-hybridized carbons (Fsp3) is 0.308. The lowest BCUT2D eigenvalue weighted by Crippen LogP contribution is -2.14. The van der Waals surface area contributed by atoms with Crippen LogP contribution in [0.1, 0.15) is 25.5 Å². The number of hydrogen-bond donors (Lipinski definition) is 2. The predicted octanol–water partition coefficient (Wildman–Crippen LogP) is 1.98. The van der Waals surface area contributed by atoms with Crippen LogP contribution in [0.15, 0.2) is 29.1 Å². The summed E-state index contributed by atoms with van der Waals surface area (Å²) in [5, 5.41) is 10.3. The van der Waals surface area contributed by atoms with Gasteiger partial charge in [0, 0.05) is 16.5 Å². The van der Waals surface area contributed by atoms with Crippen molar-refractivity contribution in [2.75, 3.05) is 6.61 Å². The number of H-pyrrole nitrogens is 1. The fourth-order valence-corrected chi connectivity index (χ4v) is 1.77. The minimum Gasteiger partial charge on any atom is -0.494 e. The molecule has 0 saturated carbocycles. The number of pyridine rings is 1. The largest absolute Gasteiger partial charge is 0.494 e. The first kappa shape index (κ1) is 11.7. The van der Waals surface area contributed by atoms with Gasteiger partial charge in [-0.3, -0.25) is 4.79 Å². The number of aromatic amines is 1. The molecule has 2 N–H and O–H groups in total. The van der Waals surface area contributed by atoms with E-state index in [9.17, 15) is 9.90 Å². The highest BCUT2D eigenvalue weighted by Crippen LogP contribution is 2.20. The van der Waals surface area contributed by atoms with Gasteiger partial charge in [0.15, 0.2) is 0 Å². The number of nitrogens with one attached hydrogen (secondary N) is 1.